The van der Waals surface area contributed by atoms with Crippen LogP contribution in [0.1, 0.15) is 24.3 Å². The van der Waals surface area contributed by atoms with Crippen LogP contribution in [0.2, 0.25) is 0 Å². The molecule has 1 saturated heterocycles. The fourth-order valence-electron chi connectivity index (χ4n) is 2.79. The summed E-state index contributed by atoms with van der Waals surface area (Å²) < 4.78 is 19.5. The van der Waals surface area contributed by atoms with E-state index in [-0.39, 0.29) is 17.3 Å². The molecule has 0 radical (unpaired) electrons. The Morgan fingerprint density at radius 3 is 2.63 bits per heavy atom. The first-order valence-electron chi connectivity index (χ1n) is 6.61. The molecule has 19 heavy (non-hydrogen) atoms. The van der Waals surface area contributed by atoms with E-state index in [1.54, 1.807) is 12.1 Å². The van der Waals surface area contributed by atoms with E-state index in [1.165, 1.54) is 6.07 Å². The lowest BCUT2D eigenvalue weighted by atomic mass is 9.93. The van der Waals surface area contributed by atoms with E-state index in [0.717, 1.165) is 24.0 Å². The molecule has 2 aromatic rings. The summed E-state index contributed by atoms with van der Waals surface area (Å²) in [5.74, 6) is 0.231. The third kappa shape index (κ3) is 2.24. The molecule has 3 heteroatoms. The highest BCUT2D eigenvalue weighted by Gasteiger charge is 2.32. The maximum absolute atomic E-state index is 13.8. The molecule has 1 heterocycles. The standard InChI is InChI=1S/C16H16ClFO/c1-10-8-9-19-16(10)15(17)13-6-7-14(18)12-5-3-2-4-11(12)13/h2-7,10,15-16H,8-9H2,1H3. The molecule has 3 atom stereocenters. The van der Waals surface area contributed by atoms with Crippen LogP contribution in [0.4, 0.5) is 4.39 Å². The molecule has 0 spiro atoms. The molecule has 0 aliphatic carbocycles. The number of halogens is 2. The van der Waals surface area contributed by atoms with E-state index in [2.05, 4.69) is 6.92 Å². The zero-order valence-electron chi connectivity index (χ0n) is 10.8. The fraction of sp³-hybridized carbons (Fsp3) is 0.375. The molecule has 0 bridgehead atoms. The van der Waals surface area contributed by atoms with Crippen LogP contribution in [-0.4, -0.2) is 12.7 Å². The Hall–Kier alpha value is -1.12. The number of fused-ring (bicyclic) bond motifs is 1. The van der Waals surface area contributed by atoms with E-state index < -0.39 is 0 Å². The molecule has 1 aliphatic heterocycles. The first-order valence-corrected chi connectivity index (χ1v) is 7.05. The molecule has 0 N–H and O–H groups in total. The molecule has 0 amide bonds. The van der Waals surface area contributed by atoms with Crippen molar-refractivity contribution >= 4 is 22.4 Å². The van der Waals surface area contributed by atoms with Gasteiger partial charge in [0.15, 0.2) is 0 Å². The average molecular weight is 279 g/mol. The maximum atomic E-state index is 13.8. The molecule has 1 fully saturated rings. The van der Waals surface area contributed by atoms with Gasteiger partial charge < -0.3 is 4.74 Å². The van der Waals surface area contributed by atoms with Crippen molar-refractivity contribution in [2.75, 3.05) is 6.61 Å². The van der Waals surface area contributed by atoms with Gasteiger partial charge in [0.05, 0.1) is 11.5 Å². The van der Waals surface area contributed by atoms with Crippen molar-refractivity contribution in [3.63, 3.8) is 0 Å². The fourth-order valence-corrected chi connectivity index (χ4v) is 3.31. The topological polar surface area (TPSA) is 9.23 Å². The summed E-state index contributed by atoms with van der Waals surface area (Å²) >= 11 is 6.59. The Morgan fingerprint density at radius 2 is 1.95 bits per heavy atom. The van der Waals surface area contributed by atoms with Crippen molar-refractivity contribution in [3.8, 4) is 0 Å². The van der Waals surface area contributed by atoms with Crippen LogP contribution in [0.5, 0.6) is 0 Å². The van der Waals surface area contributed by atoms with Gasteiger partial charge in [0.1, 0.15) is 5.82 Å². The van der Waals surface area contributed by atoms with Gasteiger partial charge in [0.25, 0.3) is 0 Å². The summed E-state index contributed by atoms with van der Waals surface area (Å²) in [4.78, 5) is 0. The van der Waals surface area contributed by atoms with Crippen LogP contribution >= 0.6 is 11.6 Å². The molecular formula is C16H16ClFO. The highest BCUT2D eigenvalue weighted by Crippen LogP contribution is 2.39. The van der Waals surface area contributed by atoms with Gasteiger partial charge in [-0.15, -0.1) is 11.6 Å². The summed E-state index contributed by atoms with van der Waals surface area (Å²) in [7, 11) is 0. The lowest BCUT2D eigenvalue weighted by Gasteiger charge is -2.22. The van der Waals surface area contributed by atoms with E-state index in [0.29, 0.717) is 11.3 Å². The molecular weight excluding hydrogens is 263 g/mol. The lowest BCUT2D eigenvalue weighted by molar-refractivity contribution is 0.0906. The average Bonchev–Trinajstić information content (AvgIpc) is 2.85. The van der Waals surface area contributed by atoms with Crippen LogP contribution in [0.3, 0.4) is 0 Å². The van der Waals surface area contributed by atoms with Gasteiger partial charge in [-0.05, 0) is 29.4 Å². The van der Waals surface area contributed by atoms with Gasteiger partial charge >= 0.3 is 0 Å². The molecule has 3 rings (SSSR count). The van der Waals surface area contributed by atoms with E-state index in [4.69, 9.17) is 16.3 Å². The second-order valence-corrected chi connectivity index (χ2v) is 5.66. The Kier molecular flexibility index (Phi) is 3.46. The van der Waals surface area contributed by atoms with Crippen LogP contribution in [0.25, 0.3) is 10.8 Å². The number of benzene rings is 2. The minimum Gasteiger partial charge on any atom is -0.376 e. The highest BCUT2D eigenvalue weighted by atomic mass is 35.5. The van der Waals surface area contributed by atoms with Gasteiger partial charge in [-0.3, -0.25) is 0 Å². The van der Waals surface area contributed by atoms with Gasteiger partial charge in [0, 0.05) is 12.0 Å². The van der Waals surface area contributed by atoms with Crippen molar-refractivity contribution in [1.29, 1.82) is 0 Å². The summed E-state index contributed by atoms with van der Waals surface area (Å²) in [5, 5.41) is 1.27. The second kappa shape index (κ2) is 5.10. The van der Waals surface area contributed by atoms with Crippen LogP contribution < -0.4 is 0 Å². The Morgan fingerprint density at radius 1 is 1.21 bits per heavy atom. The molecule has 100 valence electrons. The minimum atomic E-state index is -0.233. The molecule has 2 aromatic carbocycles. The minimum absolute atomic E-state index is 0.00975. The third-order valence-electron chi connectivity index (χ3n) is 3.93. The Labute approximate surface area is 117 Å². The van der Waals surface area contributed by atoms with Crippen LogP contribution in [0, 0.1) is 11.7 Å². The number of hydrogen-bond acceptors (Lipinski definition) is 1. The van der Waals surface area contributed by atoms with Gasteiger partial charge in [-0.25, -0.2) is 4.39 Å². The van der Waals surface area contributed by atoms with Crippen LogP contribution in [-0.2, 0) is 4.74 Å². The largest absolute Gasteiger partial charge is 0.376 e. The predicted octanol–water partition coefficient (Wildman–Crippen LogP) is 4.68. The van der Waals surface area contributed by atoms with E-state index in [9.17, 15) is 4.39 Å². The third-order valence-corrected chi connectivity index (χ3v) is 4.42. The van der Waals surface area contributed by atoms with E-state index >= 15 is 0 Å². The van der Waals surface area contributed by atoms with Crippen molar-refractivity contribution in [2.24, 2.45) is 5.92 Å². The molecule has 1 nitrogen and oxygen atoms in total. The first kappa shape index (κ1) is 12.9. The molecule has 0 saturated carbocycles. The zero-order chi connectivity index (χ0) is 13.4. The van der Waals surface area contributed by atoms with Gasteiger partial charge in [0.2, 0.25) is 0 Å². The summed E-state index contributed by atoms with van der Waals surface area (Å²) in [6.07, 6.45) is 1.04. The van der Waals surface area contributed by atoms with Crippen LogP contribution in [0.15, 0.2) is 36.4 Å². The second-order valence-electron chi connectivity index (χ2n) is 5.19. The quantitative estimate of drug-likeness (QED) is 0.725. The maximum Gasteiger partial charge on any atom is 0.131 e. The van der Waals surface area contributed by atoms with Crippen molar-refractivity contribution in [1.82, 2.24) is 0 Å². The monoisotopic (exact) mass is 278 g/mol. The van der Waals surface area contributed by atoms with E-state index in [1.807, 2.05) is 18.2 Å². The van der Waals surface area contributed by atoms with Crippen molar-refractivity contribution < 1.29 is 9.13 Å². The number of rotatable bonds is 2. The van der Waals surface area contributed by atoms with Crippen molar-refractivity contribution in [2.45, 2.75) is 24.8 Å². The number of hydrogen-bond donors (Lipinski definition) is 0. The zero-order valence-corrected chi connectivity index (χ0v) is 11.5. The molecule has 1 aliphatic rings. The SMILES string of the molecule is CC1CCOC1C(Cl)c1ccc(F)c2ccccc12. The molecule has 0 aromatic heterocycles. The first-order chi connectivity index (χ1) is 9.18. The summed E-state index contributed by atoms with van der Waals surface area (Å²) in [6.45, 7) is 2.91. The predicted molar refractivity (Wildman–Crippen MR) is 76.0 cm³/mol. The van der Waals surface area contributed by atoms with Crippen molar-refractivity contribution in [3.05, 3.63) is 47.8 Å². The summed E-state index contributed by atoms with van der Waals surface area (Å²) in [6, 6.07) is 10.7. The normalized spacial score (nSPS) is 24.8. The smallest absolute Gasteiger partial charge is 0.131 e. The lowest BCUT2D eigenvalue weighted by Crippen LogP contribution is -2.19. The number of alkyl halides is 1. The number of ether oxygens (including phenoxy) is 1. The molecule has 3 unspecified atom stereocenters. The summed E-state index contributed by atoms with van der Waals surface area (Å²) in [5.41, 5.74) is 0.956. The highest BCUT2D eigenvalue weighted by molar-refractivity contribution is 6.22. The Balaban J connectivity index is 2.07. The Bertz CT molecular complexity index is 598. The van der Waals surface area contributed by atoms with Gasteiger partial charge in [-0.2, -0.15) is 0 Å². The van der Waals surface area contributed by atoms with Gasteiger partial charge in [-0.1, -0.05) is 37.3 Å².